The highest BCUT2D eigenvalue weighted by Crippen LogP contribution is 2.36. The molecule has 0 amide bonds. The molecule has 0 radical (unpaired) electrons. The Labute approximate surface area is 162 Å². The van der Waals surface area contributed by atoms with Crippen LogP contribution in [0, 0.1) is 11.8 Å². The first-order valence-corrected chi connectivity index (χ1v) is 9.85. The Bertz CT molecular complexity index is 535. The zero-order chi connectivity index (χ0) is 20.1. The van der Waals surface area contributed by atoms with Crippen molar-refractivity contribution >= 4 is 5.97 Å². The molecule has 0 saturated heterocycles. The Morgan fingerprint density at radius 1 is 1.04 bits per heavy atom. The van der Waals surface area contributed by atoms with Gasteiger partial charge >= 0.3 is 5.97 Å². The summed E-state index contributed by atoms with van der Waals surface area (Å²) in [6, 6.07) is 0. The van der Waals surface area contributed by atoms with Crippen molar-refractivity contribution in [3.63, 3.8) is 0 Å². The molecular formula is C22H34O5. The van der Waals surface area contributed by atoms with Gasteiger partial charge in [0.25, 0.3) is 0 Å². The fraction of sp³-hybridized carbons (Fsp3) is 0.591. The van der Waals surface area contributed by atoms with Crippen molar-refractivity contribution in [3.8, 4) is 0 Å². The van der Waals surface area contributed by atoms with Gasteiger partial charge in [0.1, 0.15) is 0 Å². The molecule has 0 heterocycles. The maximum atomic E-state index is 10.5. The average molecular weight is 379 g/mol. The molecule has 0 spiro atoms. The minimum Gasteiger partial charge on any atom is -0.481 e. The van der Waals surface area contributed by atoms with Crippen LogP contribution in [-0.2, 0) is 4.79 Å². The highest BCUT2D eigenvalue weighted by molar-refractivity contribution is 5.66. The molecule has 5 nitrogen and oxygen atoms in total. The molecule has 0 aliphatic heterocycles. The highest BCUT2D eigenvalue weighted by Gasteiger charge is 2.39. The van der Waals surface area contributed by atoms with E-state index in [4.69, 9.17) is 5.11 Å². The lowest BCUT2D eigenvalue weighted by Crippen LogP contribution is -2.20. The minimum atomic E-state index is -0.947. The average Bonchev–Trinajstić information content (AvgIpc) is 2.89. The number of carboxylic acids is 1. The van der Waals surface area contributed by atoms with Crippen molar-refractivity contribution in [1.82, 2.24) is 0 Å². The van der Waals surface area contributed by atoms with E-state index in [0.29, 0.717) is 12.8 Å². The van der Waals surface area contributed by atoms with E-state index in [-0.39, 0.29) is 24.7 Å². The number of carboxylic acid groups (broad SMARTS) is 1. The normalized spacial score (nSPS) is 27.6. The second-order valence-electron chi connectivity index (χ2n) is 7.03. The van der Waals surface area contributed by atoms with Crippen LogP contribution >= 0.6 is 0 Å². The minimum absolute atomic E-state index is 0.101. The molecule has 1 aliphatic rings. The van der Waals surface area contributed by atoms with Gasteiger partial charge in [0.05, 0.1) is 18.3 Å². The number of aliphatic hydroxyl groups excluding tert-OH is 3. The van der Waals surface area contributed by atoms with Crippen LogP contribution in [0.3, 0.4) is 0 Å². The topological polar surface area (TPSA) is 98.0 Å². The molecule has 0 aromatic heterocycles. The molecular weight excluding hydrogens is 344 g/mol. The van der Waals surface area contributed by atoms with Crippen LogP contribution in [0.15, 0.2) is 48.6 Å². The van der Waals surface area contributed by atoms with Gasteiger partial charge in [0.15, 0.2) is 0 Å². The van der Waals surface area contributed by atoms with E-state index in [1.807, 2.05) is 6.08 Å². The van der Waals surface area contributed by atoms with Crippen molar-refractivity contribution in [2.45, 2.75) is 70.2 Å². The summed E-state index contributed by atoms with van der Waals surface area (Å²) < 4.78 is 0. The summed E-state index contributed by atoms with van der Waals surface area (Å²) in [6.07, 6.45) is 17.6. The molecule has 1 rings (SSSR count). The number of aliphatic hydroxyl groups is 3. The number of aliphatic carboxylic acids is 1. The maximum absolute atomic E-state index is 10.5. The predicted octanol–water partition coefficient (Wildman–Crippen LogP) is 3.38. The van der Waals surface area contributed by atoms with Crippen LogP contribution in [0.4, 0.5) is 0 Å². The van der Waals surface area contributed by atoms with Crippen LogP contribution in [0.5, 0.6) is 0 Å². The zero-order valence-corrected chi connectivity index (χ0v) is 16.2. The van der Waals surface area contributed by atoms with E-state index < -0.39 is 24.3 Å². The van der Waals surface area contributed by atoms with Gasteiger partial charge < -0.3 is 20.4 Å². The second-order valence-corrected chi connectivity index (χ2v) is 7.03. The van der Waals surface area contributed by atoms with E-state index in [0.717, 1.165) is 19.3 Å². The van der Waals surface area contributed by atoms with Crippen molar-refractivity contribution in [3.05, 3.63) is 48.6 Å². The van der Waals surface area contributed by atoms with Gasteiger partial charge in [-0.3, -0.25) is 4.79 Å². The standard InChI is InChI=1S/C22H34O5/c1-2-3-4-5-6-7-8-9-10-11-18-19(21(25)16-20(18)24)14-12-17(23)13-15-22(26)27/h3-4,6-7,9-10,12,14,17-21,23-25H,2,5,8,11,13,15-16H2,1H3,(H,26,27)/b4-3-,7-6-,10-9-,14-12+. The largest absolute Gasteiger partial charge is 0.481 e. The molecule has 0 aromatic carbocycles. The van der Waals surface area contributed by atoms with Crippen LogP contribution < -0.4 is 0 Å². The fourth-order valence-electron chi connectivity index (χ4n) is 3.29. The molecule has 0 bridgehead atoms. The molecule has 1 fully saturated rings. The summed E-state index contributed by atoms with van der Waals surface area (Å²) in [5.74, 6) is -1.29. The second kappa shape index (κ2) is 13.5. The summed E-state index contributed by atoms with van der Waals surface area (Å²) >= 11 is 0. The summed E-state index contributed by atoms with van der Waals surface area (Å²) in [5, 5.41) is 38.9. The highest BCUT2D eigenvalue weighted by atomic mass is 16.4. The Balaban J connectivity index is 2.47. The summed E-state index contributed by atoms with van der Waals surface area (Å²) in [7, 11) is 0. The SMILES string of the molecule is CC/C=C\C/C=C\C/C=C\CC1C(O)CC(O)C1/C=C/C(O)CCC(=O)O. The van der Waals surface area contributed by atoms with Gasteiger partial charge in [0, 0.05) is 18.8 Å². The molecule has 27 heavy (non-hydrogen) atoms. The lowest BCUT2D eigenvalue weighted by Gasteiger charge is -2.19. The van der Waals surface area contributed by atoms with Crippen molar-refractivity contribution < 1.29 is 25.2 Å². The van der Waals surface area contributed by atoms with Crippen LogP contribution in [0.25, 0.3) is 0 Å². The van der Waals surface area contributed by atoms with Gasteiger partial charge in [0.2, 0.25) is 0 Å². The maximum Gasteiger partial charge on any atom is 0.303 e. The molecule has 1 saturated carbocycles. The lowest BCUT2D eigenvalue weighted by atomic mass is 9.89. The monoisotopic (exact) mass is 378 g/mol. The first-order chi connectivity index (χ1) is 13.0. The molecule has 152 valence electrons. The molecule has 4 N–H and O–H groups in total. The van der Waals surface area contributed by atoms with E-state index in [1.54, 1.807) is 6.08 Å². The van der Waals surface area contributed by atoms with Crippen LogP contribution in [0.1, 0.15) is 51.9 Å². The van der Waals surface area contributed by atoms with Crippen molar-refractivity contribution in [2.24, 2.45) is 11.8 Å². The Hall–Kier alpha value is -1.69. The third-order valence-corrected chi connectivity index (χ3v) is 4.81. The zero-order valence-electron chi connectivity index (χ0n) is 16.2. The molecule has 1 aliphatic carbocycles. The number of rotatable bonds is 12. The van der Waals surface area contributed by atoms with Gasteiger partial charge in [-0.1, -0.05) is 55.5 Å². The smallest absolute Gasteiger partial charge is 0.303 e. The molecule has 5 unspecified atom stereocenters. The molecule has 0 aromatic rings. The Morgan fingerprint density at radius 2 is 1.67 bits per heavy atom. The van der Waals surface area contributed by atoms with Gasteiger partial charge in [-0.05, 0) is 38.0 Å². The van der Waals surface area contributed by atoms with Gasteiger partial charge in [-0.25, -0.2) is 0 Å². The van der Waals surface area contributed by atoms with Gasteiger partial charge in [-0.15, -0.1) is 0 Å². The van der Waals surface area contributed by atoms with Crippen molar-refractivity contribution in [2.75, 3.05) is 0 Å². The first-order valence-electron chi connectivity index (χ1n) is 9.85. The molecule has 5 atom stereocenters. The van der Waals surface area contributed by atoms with Crippen LogP contribution in [-0.4, -0.2) is 44.7 Å². The van der Waals surface area contributed by atoms with E-state index in [1.165, 1.54) is 6.08 Å². The number of allylic oxidation sites excluding steroid dienone is 6. The number of hydrogen-bond acceptors (Lipinski definition) is 4. The Kier molecular flexibility index (Phi) is 11.7. The number of hydrogen-bond donors (Lipinski definition) is 4. The summed E-state index contributed by atoms with van der Waals surface area (Å²) in [4.78, 5) is 10.5. The van der Waals surface area contributed by atoms with Crippen LogP contribution in [0.2, 0.25) is 0 Å². The summed E-state index contributed by atoms with van der Waals surface area (Å²) in [5.41, 5.74) is 0. The number of carbonyl (C=O) groups is 1. The summed E-state index contributed by atoms with van der Waals surface area (Å²) in [6.45, 7) is 2.11. The van der Waals surface area contributed by atoms with E-state index in [2.05, 4.69) is 37.3 Å². The fourth-order valence-corrected chi connectivity index (χ4v) is 3.29. The third kappa shape index (κ3) is 9.70. The van der Waals surface area contributed by atoms with Crippen molar-refractivity contribution in [1.29, 1.82) is 0 Å². The van der Waals surface area contributed by atoms with Gasteiger partial charge in [-0.2, -0.15) is 0 Å². The lowest BCUT2D eigenvalue weighted by molar-refractivity contribution is -0.137. The van der Waals surface area contributed by atoms with E-state index >= 15 is 0 Å². The third-order valence-electron chi connectivity index (χ3n) is 4.81. The predicted molar refractivity (Wildman–Crippen MR) is 107 cm³/mol. The Morgan fingerprint density at radius 3 is 2.30 bits per heavy atom. The quantitative estimate of drug-likeness (QED) is 0.390. The van der Waals surface area contributed by atoms with E-state index in [9.17, 15) is 20.1 Å². The molecule has 5 heteroatoms. The first kappa shape index (κ1) is 23.3.